The van der Waals surface area contributed by atoms with Crippen LogP contribution in [0.1, 0.15) is 5.56 Å². The Morgan fingerprint density at radius 3 is 2.90 bits per heavy atom. The van der Waals surface area contributed by atoms with Gasteiger partial charge in [-0.15, -0.1) is 11.8 Å². The first kappa shape index (κ1) is 16.9. The molecule has 0 amide bonds. The number of thioether (sulfide) groups is 1. The topological polar surface area (TPSA) is 71.6 Å². The third kappa shape index (κ3) is 6.83. The number of hydrogen-bond acceptors (Lipinski definition) is 6. The molecule has 0 N–H and O–H groups in total. The number of nitrogens with zero attached hydrogens (tertiary/aromatic N) is 4. The molecule has 1 heterocycles. The maximum atomic E-state index is 10.4. The summed E-state index contributed by atoms with van der Waals surface area (Å²) in [6.45, 7) is 1.81. The molecule has 8 heteroatoms. The van der Waals surface area contributed by atoms with Crippen molar-refractivity contribution in [1.82, 2.24) is 9.88 Å². The highest BCUT2D eigenvalue weighted by Crippen LogP contribution is 2.07. The minimum atomic E-state index is -0.363. The molecule has 0 atom stereocenters. The van der Waals surface area contributed by atoms with Crippen LogP contribution in [0.3, 0.4) is 0 Å². The predicted molar refractivity (Wildman–Crippen MR) is 83.3 cm³/mol. The molecule has 0 aliphatic carbocycles. The van der Waals surface area contributed by atoms with E-state index in [0.29, 0.717) is 16.7 Å². The fourth-order valence-corrected chi connectivity index (χ4v) is 2.09. The number of halogens is 1. The Labute approximate surface area is 127 Å². The first-order chi connectivity index (χ1) is 9.51. The first-order valence-electron chi connectivity index (χ1n) is 5.99. The molecule has 6 nitrogen and oxygen atoms in total. The highest BCUT2D eigenvalue weighted by atomic mass is 35.5. The third-order valence-corrected chi connectivity index (χ3v) is 3.46. The van der Waals surface area contributed by atoms with E-state index in [2.05, 4.69) is 14.9 Å². The summed E-state index contributed by atoms with van der Waals surface area (Å²) in [6.07, 6.45) is 3.54. The van der Waals surface area contributed by atoms with Gasteiger partial charge in [0.05, 0.1) is 6.54 Å². The molecule has 0 aliphatic heterocycles. The number of aromatic nitrogens is 1. The van der Waals surface area contributed by atoms with Gasteiger partial charge in [-0.3, -0.25) is 15.1 Å². The fraction of sp³-hybridized carbons (Fsp3) is 0.500. The van der Waals surface area contributed by atoms with Crippen molar-refractivity contribution in [3.05, 3.63) is 39.2 Å². The standard InChI is InChI=1S/C12H17ClN4O2S/c1-16(8-10-3-4-11(13)15-7-10)6-5-14-12(20-2)9-17(18)19/h3-4,7H,5-6,8-9H2,1-2H3. The molecule has 0 unspecified atom stereocenters. The van der Waals surface area contributed by atoms with Gasteiger partial charge >= 0.3 is 0 Å². The molecule has 0 spiro atoms. The van der Waals surface area contributed by atoms with Gasteiger partial charge in [-0.2, -0.15) is 0 Å². The molecule has 1 aromatic rings. The summed E-state index contributed by atoms with van der Waals surface area (Å²) >= 11 is 7.04. The van der Waals surface area contributed by atoms with E-state index in [1.807, 2.05) is 13.1 Å². The maximum Gasteiger partial charge on any atom is 0.250 e. The van der Waals surface area contributed by atoms with Crippen molar-refractivity contribution >= 4 is 28.4 Å². The minimum absolute atomic E-state index is 0.202. The van der Waals surface area contributed by atoms with Gasteiger partial charge in [0.1, 0.15) is 10.2 Å². The Morgan fingerprint density at radius 1 is 1.60 bits per heavy atom. The van der Waals surface area contributed by atoms with Gasteiger partial charge < -0.3 is 4.90 Å². The SMILES string of the molecule is CSC(C[N+](=O)[O-])=NCCN(C)Cc1ccc(Cl)nc1. The van der Waals surface area contributed by atoms with Gasteiger partial charge in [-0.05, 0) is 24.9 Å². The Balaban J connectivity index is 2.39. The van der Waals surface area contributed by atoms with E-state index in [0.717, 1.165) is 18.7 Å². The van der Waals surface area contributed by atoms with Crippen molar-refractivity contribution in [2.75, 3.05) is 32.9 Å². The normalized spacial score (nSPS) is 11.9. The van der Waals surface area contributed by atoms with Gasteiger partial charge in [0.15, 0.2) is 0 Å². The van der Waals surface area contributed by atoms with Gasteiger partial charge in [0.25, 0.3) is 6.54 Å². The average Bonchev–Trinajstić information content (AvgIpc) is 2.40. The van der Waals surface area contributed by atoms with Crippen molar-refractivity contribution in [2.45, 2.75) is 6.54 Å². The lowest BCUT2D eigenvalue weighted by Crippen LogP contribution is -2.22. The number of aliphatic imine (C=N–C) groups is 1. The molecule has 0 fully saturated rings. The summed E-state index contributed by atoms with van der Waals surface area (Å²) in [5.74, 6) is 0. The molecule has 0 bridgehead atoms. The molecule has 1 rings (SSSR count). The van der Waals surface area contributed by atoms with Crippen LogP contribution >= 0.6 is 23.4 Å². The van der Waals surface area contributed by atoms with Crippen LogP contribution in [-0.2, 0) is 6.54 Å². The fourth-order valence-electron chi connectivity index (χ4n) is 1.53. The Hall–Kier alpha value is -1.18. The van der Waals surface area contributed by atoms with E-state index in [4.69, 9.17) is 11.6 Å². The van der Waals surface area contributed by atoms with Crippen LogP contribution in [0, 0.1) is 10.1 Å². The molecule has 110 valence electrons. The zero-order valence-electron chi connectivity index (χ0n) is 11.5. The summed E-state index contributed by atoms with van der Waals surface area (Å²) in [5, 5.41) is 11.4. The zero-order chi connectivity index (χ0) is 15.0. The maximum absolute atomic E-state index is 10.4. The summed E-state index contributed by atoms with van der Waals surface area (Å²) in [5.41, 5.74) is 1.07. The number of rotatable bonds is 7. The molecule has 0 aromatic carbocycles. The van der Waals surface area contributed by atoms with E-state index >= 15 is 0 Å². The summed E-state index contributed by atoms with van der Waals surface area (Å²) in [7, 11) is 1.97. The molecule has 0 radical (unpaired) electrons. The highest BCUT2D eigenvalue weighted by Gasteiger charge is 2.06. The van der Waals surface area contributed by atoms with Crippen LogP contribution in [0.25, 0.3) is 0 Å². The Kier molecular flexibility index (Phi) is 7.50. The van der Waals surface area contributed by atoms with Crippen molar-refractivity contribution in [3.63, 3.8) is 0 Å². The van der Waals surface area contributed by atoms with E-state index in [1.165, 1.54) is 11.8 Å². The molecule has 20 heavy (non-hydrogen) atoms. The predicted octanol–water partition coefficient (Wildman–Crippen LogP) is 2.21. The van der Waals surface area contributed by atoms with Gasteiger partial charge in [-0.1, -0.05) is 17.7 Å². The molecule has 0 saturated heterocycles. The summed E-state index contributed by atoms with van der Waals surface area (Å²) < 4.78 is 0. The lowest BCUT2D eigenvalue weighted by atomic mass is 10.3. The first-order valence-corrected chi connectivity index (χ1v) is 7.59. The van der Waals surface area contributed by atoms with Crippen LogP contribution in [0.5, 0.6) is 0 Å². The molecule has 0 aliphatic rings. The minimum Gasteiger partial charge on any atom is -0.300 e. The van der Waals surface area contributed by atoms with Crippen LogP contribution < -0.4 is 0 Å². The average molecular weight is 317 g/mol. The number of pyridine rings is 1. The quantitative estimate of drug-likeness (QED) is 0.253. The smallest absolute Gasteiger partial charge is 0.250 e. The second-order valence-corrected chi connectivity index (χ2v) is 5.46. The lowest BCUT2D eigenvalue weighted by molar-refractivity contribution is -0.462. The van der Waals surface area contributed by atoms with Crippen LogP contribution in [0.2, 0.25) is 5.15 Å². The summed E-state index contributed by atoms with van der Waals surface area (Å²) in [6, 6.07) is 3.68. The second kappa shape index (κ2) is 8.89. The highest BCUT2D eigenvalue weighted by molar-refractivity contribution is 8.13. The molecular formula is C12H17ClN4O2S. The van der Waals surface area contributed by atoms with Gasteiger partial charge in [-0.25, -0.2) is 4.98 Å². The lowest BCUT2D eigenvalue weighted by Gasteiger charge is -2.15. The zero-order valence-corrected chi connectivity index (χ0v) is 13.0. The van der Waals surface area contributed by atoms with E-state index in [-0.39, 0.29) is 11.5 Å². The van der Waals surface area contributed by atoms with Crippen LogP contribution in [-0.4, -0.2) is 52.8 Å². The largest absolute Gasteiger partial charge is 0.300 e. The third-order valence-electron chi connectivity index (χ3n) is 2.51. The van der Waals surface area contributed by atoms with Crippen molar-refractivity contribution in [3.8, 4) is 0 Å². The van der Waals surface area contributed by atoms with Gasteiger partial charge in [0, 0.05) is 24.2 Å². The molecule has 1 aromatic heterocycles. The molecule has 0 saturated carbocycles. The Morgan fingerprint density at radius 2 is 2.35 bits per heavy atom. The van der Waals surface area contributed by atoms with Crippen LogP contribution in [0.4, 0.5) is 0 Å². The number of nitro groups is 1. The van der Waals surface area contributed by atoms with E-state index in [9.17, 15) is 10.1 Å². The van der Waals surface area contributed by atoms with Crippen LogP contribution in [0.15, 0.2) is 23.3 Å². The monoisotopic (exact) mass is 316 g/mol. The van der Waals surface area contributed by atoms with E-state index in [1.54, 1.807) is 18.5 Å². The van der Waals surface area contributed by atoms with Gasteiger partial charge in [0.2, 0.25) is 0 Å². The summed E-state index contributed by atoms with van der Waals surface area (Å²) in [4.78, 5) is 20.4. The van der Waals surface area contributed by atoms with Crippen molar-refractivity contribution < 1.29 is 4.92 Å². The number of hydrogen-bond donors (Lipinski definition) is 0. The van der Waals surface area contributed by atoms with E-state index < -0.39 is 0 Å². The number of likely N-dealkylation sites (N-methyl/N-ethyl adjacent to an activating group) is 1. The second-order valence-electron chi connectivity index (χ2n) is 4.20. The molecular weight excluding hydrogens is 300 g/mol. The van der Waals surface area contributed by atoms with Crippen molar-refractivity contribution in [1.29, 1.82) is 0 Å². The Bertz CT molecular complexity index is 467. The van der Waals surface area contributed by atoms with Crippen molar-refractivity contribution in [2.24, 2.45) is 4.99 Å².